The highest BCUT2D eigenvalue weighted by Crippen LogP contribution is 2.31. The number of nitrogens with zero attached hydrogens (tertiary/aromatic N) is 2. The Labute approximate surface area is 142 Å². The van der Waals surface area contributed by atoms with Gasteiger partial charge in [-0.05, 0) is 35.9 Å². The third-order valence-corrected chi connectivity index (χ3v) is 4.56. The molecule has 4 rings (SSSR count). The van der Waals surface area contributed by atoms with Crippen LogP contribution >= 0.6 is 11.3 Å². The fraction of sp³-hybridized carbons (Fsp3) is 0.0556. The van der Waals surface area contributed by atoms with Gasteiger partial charge in [0.2, 0.25) is 0 Å². The number of hydrogen-bond donors (Lipinski definition) is 1. The Morgan fingerprint density at radius 2 is 2.04 bits per heavy atom. The molecule has 5 nitrogen and oxygen atoms in total. The average molecular weight is 335 g/mol. The van der Waals surface area contributed by atoms with Crippen LogP contribution in [0.15, 0.2) is 65.3 Å². The first kappa shape index (κ1) is 14.6. The quantitative estimate of drug-likeness (QED) is 0.614. The number of rotatable bonds is 4. The molecule has 24 heavy (non-hydrogen) atoms. The second-order valence-electron chi connectivity index (χ2n) is 5.19. The van der Waals surface area contributed by atoms with Crippen LogP contribution in [0.25, 0.3) is 21.0 Å². The predicted molar refractivity (Wildman–Crippen MR) is 92.7 cm³/mol. The molecule has 0 aliphatic rings. The van der Waals surface area contributed by atoms with Gasteiger partial charge in [-0.3, -0.25) is 9.78 Å². The van der Waals surface area contributed by atoms with Crippen LogP contribution in [-0.2, 0) is 6.54 Å². The molecule has 0 atom stereocenters. The number of thiazole rings is 1. The standard InChI is InChI=1S/C18H13N3O2S/c22-17(20-11-12-4-3-9-19-10-12)14-7-8-15(23-14)18-21-13-5-1-2-6-16(13)24-18/h1-10H,11H2,(H,20,22). The van der Waals surface area contributed by atoms with Crippen molar-refractivity contribution >= 4 is 27.5 Å². The van der Waals surface area contributed by atoms with E-state index in [4.69, 9.17) is 4.42 Å². The maximum absolute atomic E-state index is 12.2. The van der Waals surface area contributed by atoms with Crippen LogP contribution < -0.4 is 5.32 Å². The van der Waals surface area contributed by atoms with Gasteiger partial charge in [-0.15, -0.1) is 11.3 Å². The SMILES string of the molecule is O=C(NCc1cccnc1)c1ccc(-c2nc3ccccc3s2)o1. The highest BCUT2D eigenvalue weighted by molar-refractivity contribution is 7.21. The third kappa shape index (κ3) is 2.91. The second-order valence-corrected chi connectivity index (χ2v) is 6.23. The summed E-state index contributed by atoms with van der Waals surface area (Å²) in [6.45, 7) is 0.407. The van der Waals surface area contributed by atoms with E-state index in [0.29, 0.717) is 12.3 Å². The summed E-state index contributed by atoms with van der Waals surface area (Å²) >= 11 is 1.54. The number of aromatic nitrogens is 2. The van der Waals surface area contributed by atoms with Crippen molar-refractivity contribution in [1.82, 2.24) is 15.3 Å². The van der Waals surface area contributed by atoms with Crippen molar-refractivity contribution in [2.45, 2.75) is 6.54 Å². The lowest BCUT2D eigenvalue weighted by Gasteiger charge is -2.02. The molecular formula is C18H13N3O2S. The van der Waals surface area contributed by atoms with E-state index < -0.39 is 0 Å². The fourth-order valence-corrected chi connectivity index (χ4v) is 3.25. The number of carbonyl (C=O) groups is 1. The molecule has 0 aliphatic heterocycles. The normalized spacial score (nSPS) is 10.8. The minimum absolute atomic E-state index is 0.258. The molecule has 1 N–H and O–H groups in total. The average Bonchev–Trinajstić information content (AvgIpc) is 3.27. The van der Waals surface area contributed by atoms with Crippen LogP contribution in [0, 0.1) is 0 Å². The molecule has 0 bridgehead atoms. The van der Waals surface area contributed by atoms with Gasteiger partial charge in [0.05, 0.1) is 10.2 Å². The molecule has 0 saturated heterocycles. The number of amides is 1. The summed E-state index contributed by atoms with van der Waals surface area (Å²) in [6.07, 6.45) is 3.41. The lowest BCUT2D eigenvalue weighted by molar-refractivity contribution is 0.0924. The topological polar surface area (TPSA) is 68.0 Å². The molecule has 6 heteroatoms. The van der Waals surface area contributed by atoms with Gasteiger partial charge in [-0.1, -0.05) is 18.2 Å². The van der Waals surface area contributed by atoms with Gasteiger partial charge in [0.25, 0.3) is 5.91 Å². The predicted octanol–water partition coefficient (Wildman–Crippen LogP) is 3.88. The highest BCUT2D eigenvalue weighted by Gasteiger charge is 2.14. The Bertz CT molecular complexity index is 959. The van der Waals surface area contributed by atoms with Crippen LogP contribution in [0.2, 0.25) is 0 Å². The summed E-state index contributed by atoms with van der Waals surface area (Å²) in [5, 5.41) is 3.58. The zero-order chi connectivity index (χ0) is 16.4. The van der Waals surface area contributed by atoms with Crippen LogP contribution in [0.1, 0.15) is 16.1 Å². The Kier molecular flexibility index (Phi) is 3.80. The van der Waals surface area contributed by atoms with Crippen molar-refractivity contribution in [1.29, 1.82) is 0 Å². The molecule has 0 unspecified atom stereocenters. The molecule has 0 radical (unpaired) electrons. The first-order chi connectivity index (χ1) is 11.8. The summed E-state index contributed by atoms with van der Waals surface area (Å²) in [4.78, 5) is 20.7. The maximum atomic E-state index is 12.2. The minimum atomic E-state index is -0.258. The Morgan fingerprint density at radius 1 is 1.12 bits per heavy atom. The Hall–Kier alpha value is -2.99. The van der Waals surface area contributed by atoms with Crippen molar-refractivity contribution in [3.05, 3.63) is 72.2 Å². The van der Waals surface area contributed by atoms with E-state index in [1.165, 1.54) is 0 Å². The summed E-state index contributed by atoms with van der Waals surface area (Å²) in [7, 11) is 0. The zero-order valence-corrected chi connectivity index (χ0v) is 13.4. The van der Waals surface area contributed by atoms with E-state index in [2.05, 4.69) is 15.3 Å². The number of para-hydroxylation sites is 1. The van der Waals surface area contributed by atoms with Crippen molar-refractivity contribution in [3.63, 3.8) is 0 Å². The second kappa shape index (κ2) is 6.25. The summed E-state index contributed by atoms with van der Waals surface area (Å²) < 4.78 is 6.76. The first-order valence-electron chi connectivity index (χ1n) is 7.42. The number of pyridine rings is 1. The molecule has 1 amide bonds. The van der Waals surface area contributed by atoms with Crippen molar-refractivity contribution in [3.8, 4) is 10.8 Å². The Balaban J connectivity index is 1.50. The molecule has 4 aromatic rings. The smallest absolute Gasteiger partial charge is 0.287 e. The van der Waals surface area contributed by atoms with Gasteiger partial charge in [-0.25, -0.2) is 4.98 Å². The molecular weight excluding hydrogens is 322 g/mol. The number of carbonyl (C=O) groups excluding carboxylic acids is 1. The number of nitrogens with one attached hydrogen (secondary N) is 1. The van der Waals surface area contributed by atoms with Gasteiger partial charge in [0, 0.05) is 18.9 Å². The molecule has 1 aromatic carbocycles. The van der Waals surface area contributed by atoms with Crippen LogP contribution in [0.4, 0.5) is 0 Å². The van der Waals surface area contributed by atoms with Crippen LogP contribution in [0.3, 0.4) is 0 Å². The van der Waals surface area contributed by atoms with E-state index in [0.717, 1.165) is 20.8 Å². The van der Waals surface area contributed by atoms with E-state index in [-0.39, 0.29) is 11.7 Å². The fourth-order valence-electron chi connectivity index (χ4n) is 2.32. The molecule has 3 aromatic heterocycles. The minimum Gasteiger partial charge on any atom is -0.448 e. The van der Waals surface area contributed by atoms with E-state index >= 15 is 0 Å². The number of furan rings is 1. The van der Waals surface area contributed by atoms with Gasteiger partial charge >= 0.3 is 0 Å². The lowest BCUT2D eigenvalue weighted by Crippen LogP contribution is -2.22. The largest absolute Gasteiger partial charge is 0.448 e. The Morgan fingerprint density at radius 3 is 2.88 bits per heavy atom. The maximum Gasteiger partial charge on any atom is 0.287 e. The van der Waals surface area contributed by atoms with Crippen molar-refractivity contribution in [2.75, 3.05) is 0 Å². The number of hydrogen-bond acceptors (Lipinski definition) is 5. The van der Waals surface area contributed by atoms with Crippen LogP contribution in [-0.4, -0.2) is 15.9 Å². The third-order valence-electron chi connectivity index (χ3n) is 3.51. The van der Waals surface area contributed by atoms with Crippen LogP contribution in [0.5, 0.6) is 0 Å². The van der Waals surface area contributed by atoms with E-state index in [1.54, 1.807) is 35.9 Å². The number of benzene rings is 1. The van der Waals surface area contributed by atoms with Crippen molar-refractivity contribution in [2.24, 2.45) is 0 Å². The zero-order valence-electron chi connectivity index (χ0n) is 12.6. The summed E-state index contributed by atoms with van der Waals surface area (Å²) in [6, 6.07) is 15.1. The first-order valence-corrected chi connectivity index (χ1v) is 8.24. The molecule has 3 heterocycles. The van der Waals surface area contributed by atoms with Gasteiger partial charge in [0.15, 0.2) is 16.5 Å². The monoisotopic (exact) mass is 335 g/mol. The lowest BCUT2D eigenvalue weighted by atomic mass is 10.3. The molecule has 0 saturated carbocycles. The van der Waals surface area contributed by atoms with E-state index in [1.807, 2.05) is 36.4 Å². The van der Waals surface area contributed by atoms with E-state index in [9.17, 15) is 4.79 Å². The highest BCUT2D eigenvalue weighted by atomic mass is 32.1. The van der Waals surface area contributed by atoms with Gasteiger partial charge < -0.3 is 9.73 Å². The number of fused-ring (bicyclic) bond motifs is 1. The van der Waals surface area contributed by atoms with Gasteiger partial charge in [0.1, 0.15) is 0 Å². The molecule has 118 valence electrons. The summed E-state index contributed by atoms with van der Waals surface area (Å²) in [5.41, 5.74) is 1.86. The van der Waals surface area contributed by atoms with Crippen molar-refractivity contribution < 1.29 is 9.21 Å². The van der Waals surface area contributed by atoms with Gasteiger partial charge in [-0.2, -0.15) is 0 Å². The molecule has 0 aliphatic carbocycles. The molecule has 0 fully saturated rings. The molecule has 0 spiro atoms. The summed E-state index contributed by atoms with van der Waals surface area (Å²) in [5.74, 6) is 0.613.